The van der Waals surface area contributed by atoms with Crippen molar-refractivity contribution < 1.29 is 14.0 Å². The first-order valence-electron chi connectivity index (χ1n) is 13.7. The van der Waals surface area contributed by atoms with E-state index in [0.717, 1.165) is 19.5 Å². The fourth-order valence-corrected chi connectivity index (χ4v) is 9.34. The fourth-order valence-electron chi connectivity index (χ4n) is 5.40. The number of carbonyl (C=O) groups is 2. The molecule has 0 aromatic heterocycles. The third kappa shape index (κ3) is 5.59. The first-order chi connectivity index (χ1) is 16.4. The summed E-state index contributed by atoms with van der Waals surface area (Å²) in [6, 6.07) is 10.3. The smallest absolute Gasteiger partial charge is 0.222 e. The zero-order valence-corrected chi connectivity index (χ0v) is 26.6. The van der Waals surface area contributed by atoms with Crippen molar-refractivity contribution in [2.24, 2.45) is 11.8 Å². The van der Waals surface area contributed by atoms with Crippen LogP contribution < -0.4 is 0 Å². The zero-order valence-electron chi connectivity index (χ0n) is 24.6. The number of rotatable bonds is 7. The van der Waals surface area contributed by atoms with Gasteiger partial charge in [-0.05, 0) is 48.6 Å². The molecule has 2 fully saturated rings. The number of ketones is 1. The molecule has 36 heavy (non-hydrogen) atoms. The van der Waals surface area contributed by atoms with Gasteiger partial charge in [0.15, 0.2) is 22.3 Å². The van der Waals surface area contributed by atoms with Gasteiger partial charge in [-0.2, -0.15) is 0 Å². The van der Waals surface area contributed by atoms with Crippen molar-refractivity contribution in [2.75, 3.05) is 13.1 Å². The molecule has 3 rings (SSSR count). The summed E-state index contributed by atoms with van der Waals surface area (Å²) >= 11 is 0. The molecule has 7 heteroatoms. The lowest BCUT2D eigenvalue weighted by atomic mass is 9.74. The third-order valence-corrected chi connectivity index (χ3v) is 19.6. The van der Waals surface area contributed by atoms with Crippen LogP contribution in [-0.2, 0) is 20.6 Å². The Labute approximate surface area is 222 Å². The Balaban J connectivity index is 1.86. The molecule has 202 valence electrons. The summed E-state index contributed by atoms with van der Waals surface area (Å²) in [5.41, 5.74) is 1.24. The molecular weight excluding hydrogens is 481 g/mol. The molecule has 1 aromatic rings. The lowest BCUT2D eigenvalue weighted by Gasteiger charge is -2.62. The lowest BCUT2D eigenvalue weighted by Crippen LogP contribution is -2.77. The molecule has 2 heterocycles. The van der Waals surface area contributed by atoms with Crippen LogP contribution in [0.15, 0.2) is 30.3 Å². The number of piperidine rings is 1. The number of Topliss-reactive ketones (excluding diaryl/α,β-unsaturated/α-hetero) is 1. The number of amides is 1. The average molecular weight is 531 g/mol. The predicted molar refractivity (Wildman–Crippen MR) is 154 cm³/mol. The molecule has 0 N–H and O–H groups in total. The van der Waals surface area contributed by atoms with Crippen molar-refractivity contribution in [1.29, 1.82) is 0 Å². The second-order valence-corrected chi connectivity index (χ2v) is 24.0. The standard InChI is InChI=1S/C29H50N2O3Si2/c1-21(34-36(10,11)29(5,6)7)25-26(31(27(25)33)35(8,9)28(2,3)4)23-17-18-30(20-24(23)32)19-22-15-13-12-14-16-22/h12-16,21,23,25-26H,17-20H2,1-11H3/t21-,23+,25-,26-/m1/s1. The van der Waals surface area contributed by atoms with E-state index in [9.17, 15) is 9.59 Å². The fraction of sp³-hybridized carbons (Fsp3) is 0.724. The molecule has 0 saturated carbocycles. The molecule has 2 aliphatic rings. The van der Waals surface area contributed by atoms with E-state index in [4.69, 9.17) is 4.43 Å². The molecule has 0 unspecified atom stereocenters. The second kappa shape index (κ2) is 10.1. The van der Waals surface area contributed by atoms with Crippen molar-refractivity contribution in [3.63, 3.8) is 0 Å². The average Bonchev–Trinajstić information content (AvgIpc) is 2.71. The van der Waals surface area contributed by atoms with Gasteiger partial charge in [-0.1, -0.05) is 85.0 Å². The summed E-state index contributed by atoms with van der Waals surface area (Å²) in [6.45, 7) is 26.7. The van der Waals surface area contributed by atoms with Gasteiger partial charge in [0.05, 0.1) is 18.6 Å². The summed E-state index contributed by atoms with van der Waals surface area (Å²) in [4.78, 5) is 29.8. The quantitative estimate of drug-likeness (QED) is 0.306. The molecular formula is C29H50N2O3Si2. The van der Waals surface area contributed by atoms with Crippen molar-refractivity contribution in [2.45, 2.75) is 110 Å². The van der Waals surface area contributed by atoms with Crippen LogP contribution >= 0.6 is 0 Å². The number of benzene rings is 1. The Morgan fingerprint density at radius 1 is 0.972 bits per heavy atom. The summed E-state index contributed by atoms with van der Waals surface area (Å²) in [5, 5.41) is 0.0910. The SMILES string of the molecule is C[C@@H](O[Si](C)(C)C(C)(C)C)[C@H]1C(=O)N([Si](C)(C)C(C)(C)C)[C@@H]1[C@H]1CCN(Cc2ccccc2)CC1=O. The number of hydrogen-bond acceptors (Lipinski definition) is 4. The number of hydrogen-bond donors (Lipinski definition) is 0. The molecule has 0 radical (unpaired) electrons. The van der Waals surface area contributed by atoms with Crippen molar-refractivity contribution >= 4 is 28.2 Å². The summed E-state index contributed by atoms with van der Waals surface area (Å²) in [6.07, 6.45) is 0.623. The van der Waals surface area contributed by atoms with Gasteiger partial charge >= 0.3 is 0 Å². The lowest BCUT2D eigenvalue weighted by molar-refractivity contribution is -0.161. The Bertz CT molecular complexity index is 950. The van der Waals surface area contributed by atoms with Crippen LogP contribution in [0.2, 0.25) is 36.3 Å². The minimum absolute atomic E-state index is 0.0203. The normalized spacial score (nSPS) is 25.6. The van der Waals surface area contributed by atoms with E-state index >= 15 is 0 Å². The topological polar surface area (TPSA) is 49.9 Å². The van der Waals surface area contributed by atoms with Gasteiger partial charge in [0.25, 0.3) is 0 Å². The summed E-state index contributed by atoms with van der Waals surface area (Å²) in [7, 11) is -4.20. The number of carbonyl (C=O) groups excluding carboxylic acids is 2. The van der Waals surface area contributed by atoms with Crippen LogP contribution in [0.5, 0.6) is 0 Å². The van der Waals surface area contributed by atoms with Gasteiger partial charge in [-0.25, -0.2) is 0 Å². The molecule has 0 aliphatic carbocycles. The van der Waals surface area contributed by atoms with E-state index in [1.54, 1.807) is 0 Å². The Kier molecular flexibility index (Phi) is 8.23. The highest BCUT2D eigenvalue weighted by Gasteiger charge is 2.62. The van der Waals surface area contributed by atoms with Crippen LogP contribution in [0, 0.1) is 11.8 Å². The minimum Gasteiger partial charge on any atom is -0.413 e. The number of likely N-dealkylation sites (tertiary alicyclic amines) is 1. The highest BCUT2D eigenvalue weighted by molar-refractivity contribution is 6.80. The van der Waals surface area contributed by atoms with Gasteiger partial charge in [0.1, 0.15) is 0 Å². The maximum absolute atomic E-state index is 13.9. The first kappa shape index (κ1) is 29.3. The van der Waals surface area contributed by atoms with Crippen LogP contribution in [0.1, 0.15) is 60.5 Å². The molecule has 2 saturated heterocycles. The van der Waals surface area contributed by atoms with E-state index in [2.05, 4.69) is 108 Å². The number of β-lactam (4-membered cyclic amide) rings is 1. The van der Waals surface area contributed by atoms with E-state index in [0.29, 0.717) is 6.54 Å². The molecule has 2 aliphatic heterocycles. The molecule has 1 amide bonds. The van der Waals surface area contributed by atoms with Crippen LogP contribution in [0.3, 0.4) is 0 Å². The third-order valence-electron chi connectivity index (χ3n) is 9.63. The molecule has 5 nitrogen and oxygen atoms in total. The van der Waals surface area contributed by atoms with Gasteiger partial charge < -0.3 is 8.99 Å². The maximum atomic E-state index is 13.9. The largest absolute Gasteiger partial charge is 0.413 e. The second-order valence-electron chi connectivity index (χ2n) is 14.2. The van der Waals surface area contributed by atoms with E-state index in [1.807, 2.05) is 6.07 Å². The van der Waals surface area contributed by atoms with Gasteiger partial charge in [-0.3, -0.25) is 14.5 Å². The zero-order chi connectivity index (χ0) is 27.3. The monoisotopic (exact) mass is 530 g/mol. The molecule has 0 bridgehead atoms. The predicted octanol–water partition coefficient (Wildman–Crippen LogP) is 6.32. The minimum atomic E-state index is -2.15. The van der Waals surface area contributed by atoms with Crippen molar-refractivity contribution in [3.05, 3.63) is 35.9 Å². The summed E-state index contributed by atoms with van der Waals surface area (Å²) in [5.74, 6) is 0.141. The molecule has 4 atom stereocenters. The van der Waals surface area contributed by atoms with Crippen LogP contribution in [0.25, 0.3) is 0 Å². The van der Waals surface area contributed by atoms with E-state index in [-0.39, 0.29) is 45.7 Å². The van der Waals surface area contributed by atoms with Gasteiger partial charge in [0, 0.05) is 18.5 Å². The van der Waals surface area contributed by atoms with Crippen LogP contribution in [0.4, 0.5) is 0 Å². The Hall–Kier alpha value is -1.29. The van der Waals surface area contributed by atoms with E-state index in [1.165, 1.54) is 5.56 Å². The molecule has 1 aromatic carbocycles. The van der Waals surface area contributed by atoms with Gasteiger partial charge in [0.2, 0.25) is 5.91 Å². The van der Waals surface area contributed by atoms with Crippen molar-refractivity contribution in [1.82, 2.24) is 9.47 Å². The highest BCUT2D eigenvalue weighted by atomic mass is 28.4. The number of nitrogens with zero attached hydrogens (tertiary/aromatic N) is 2. The first-order valence-corrected chi connectivity index (χ1v) is 19.5. The Morgan fingerprint density at radius 2 is 1.56 bits per heavy atom. The maximum Gasteiger partial charge on any atom is 0.222 e. The van der Waals surface area contributed by atoms with Crippen LogP contribution in [-0.4, -0.2) is 62.9 Å². The molecule has 0 spiro atoms. The highest BCUT2D eigenvalue weighted by Crippen LogP contribution is 2.50. The Morgan fingerprint density at radius 3 is 2.06 bits per heavy atom. The van der Waals surface area contributed by atoms with Gasteiger partial charge in [-0.15, -0.1) is 0 Å². The van der Waals surface area contributed by atoms with Crippen molar-refractivity contribution in [3.8, 4) is 0 Å². The van der Waals surface area contributed by atoms with E-state index < -0.39 is 16.6 Å². The summed E-state index contributed by atoms with van der Waals surface area (Å²) < 4.78 is 8.96.